The molecule has 1 aromatic carbocycles. The van der Waals surface area contributed by atoms with Crippen LogP contribution < -0.4 is 5.73 Å². The van der Waals surface area contributed by atoms with Gasteiger partial charge < -0.3 is 5.73 Å². The standard InChI is InChI=1S/C11H11ClN2S/c1-7(13)11-14-10(6-15-11)8-4-2-3-5-9(8)12/h2-7H,13H2,1H3. The Morgan fingerprint density at radius 3 is 2.73 bits per heavy atom. The van der Waals surface area contributed by atoms with Gasteiger partial charge in [-0.25, -0.2) is 4.98 Å². The van der Waals surface area contributed by atoms with Crippen molar-refractivity contribution in [1.82, 2.24) is 4.98 Å². The maximum atomic E-state index is 6.08. The lowest BCUT2D eigenvalue weighted by atomic mass is 10.2. The Kier molecular flexibility index (Phi) is 3.05. The quantitative estimate of drug-likeness (QED) is 0.870. The van der Waals surface area contributed by atoms with Crippen LogP contribution in [0.1, 0.15) is 18.0 Å². The van der Waals surface area contributed by atoms with Gasteiger partial charge in [0.25, 0.3) is 0 Å². The summed E-state index contributed by atoms with van der Waals surface area (Å²) in [7, 11) is 0. The second kappa shape index (κ2) is 4.31. The molecule has 0 saturated heterocycles. The maximum Gasteiger partial charge on any atom is 0.110 e. The van der Waals surface area contributed by atoms with E-state index in [1.165, 1.54) is 0 Å². The highest BCUT2D eigenvalue weighted by Gasteiger charge is 2.09. The molecule has 1 unspecified atom stereocenters. The van der Waals surface area contributed by atoms with E-state index in [1.54, 1.807) is 11.3 Å². The van der Waals surface area contributed by atoms with Crippen LogP contribution in [-0.2, 0) is 0 Å². The molecule has 0 fully saturated rings. The van der Waals surface area contributed by atoms with Crippen molar-refractivity contribution < 1.29 is 0 Å². The Morgan fingerprint density at radius 1 is 1.40 bits per heavy atom. The van der Waals surface area contributed by atoms with Crippen molar-refractivity contribution in [2.24, 2.45) is 5.73 Å². The van der Waals surface area contributed by atoms with Crippen molar-refractivity contribution in [3.05, 3.63) is 39.7 Å². The van der Waals surface area contributed by atoms with Crippen molar-refractivity contribution in [1.29, 1.82) is 0 Å². The number of halogens is 1. The van der Waals surface area contributed by atoms with E-state index in [2.05, 4.69) is 4.98 Å². The third-order valence-corrected chi connectivity index (χ3v) is 3.44. The maximum absolute atomic E-state index is 6.08. The molecule has 0 spiro atoms. The van der Waals surface area contributed by atoms with Gasteiger partial charge in [0.1, 0.15) is 5.01 Å². The summed E-state index contributed by atoms with van der Waals surface area (Å²) in [6.07, 6.45) is 0. The first-order chi connectivity index (χ1) is 7.18. The van der Waals surface area contributed by atoms with E-state index in [1.807, 2.05) is 36.6 Å². The minimum absolute atomic E-state index is 0.0220. The summed E-state index contributed by atoms with van der Waals surface area (Å²) in [5, 5.41) is 3.64. The second-order valence-corrected chi connectivity index (χ2v) is 4.64. The van der Waals surface area contributed by atoms with Crippen LogP contribution >= 0.6 is 22.9 Å². The fourth-order valence-corrected chi connectivity index (χ4v) is 2.30. The monoisotopic (exact) mass is 238 g/mol. The molecule has 2 aromatic rings. The Labute approximate surface area is 97.7 Å². The molecule has 0 bridgehead atoms. The molecule has 2 rings (SSSR count). The van der Waals surface area contributed by atoms with Gasteiger partial charge in [0.2, 0.25) is 0 Å². The van der Waals surface area contributed by atoms with Crippen LogP contribution in [0.25, 0.3) is 11.3 Å². The van der Waals surface area contributed by atoms with Crippen LogP contribution in [0.4, 0.5) is 0 Å². The zero-order valence-corrected chi connectivity index (χ0v) is 9.85. The predicted octanol–water partition coefficient (Wildman–Crippen LogP) is 3.48. The predicted molar refractivity (Wildman–Crippen MR) is 65.2 cm³/mol. The van der Waals surface area contributed by atoms with Gasteiger partial charge in [-0.2, -0.15) is 0 Å². The first-order valence-electron chi connectivity index (χ1n) is 4.64. The molecule has 15 heavy (non-hydrogen) atoms. The summed E-state index contributed by atoms with van der Waals surface area (Å²) in [4.78, 5) is 4.45. The largest absolute Gasteiger partial charge is 0.322 e. The second-order valence-electron chi connectivity index (χ2n) is 3.34. The smallest absolute Gasteiger partial charge is 0.110 e. The van der Waals surface area contributed by atoms with Crippen LogP contribution in [0, 0.1) is 0 Å². The zero-order valence-electron chi connectivity index (χ0n) is 8.27. The number of thiazole rings is 1. The zero-order chi connectivity index (χ0) is 10.8. The van der Waals surface area contributed by atoms with Crippen LogP contribution in [0.3, 0.4) is 0 Å². The molecule has 0 saturated carbocycles. The van der Waals surface area contributed by atoms with E-state index in [0.717, 1.165) is 21.3 Å². The summed E-state index contributed by atoms with van der Waals surface area (Å²) in [5.74, 6) is 0. The molecular weight excluding hydrogens is 228 g/mol. The Bertz CT molecular complexity index is 465. The molecule has 4 heteroatoms. The molecule has 78 valence electrons. The van der Waals surface area contributed by atoms with Crippen LogP contribution in [0.5, 0.6) is 0 Å². The Balaban J connectivity index is 2.42. The van der Waals surface area contributed by atoms with Gasteiger partial charge in [-0.1, -0.05) is 29.8 Å². The molecule has 0 aliphatic heterocycles. The van der Waals surface area contributed by atoms with Gasteiger partial charge in [0.15, 0.2) is 0 Å². The molecule has 1 atom stereocenters. The van der Waals surface area contributed by atoms with Crippen molar-refractivity contribution in [2.45, 2.75) is 13.0 Å². The normalized spacial score (nSPS) is 12.7. The van der Waals surface area contributed by atoms with E-state index in [0.29, 0.717) is 0 Å². The minimum Gasteiger partial charge on any atom is -0.322 e. The Morgan fingerprint density at radius 2 is 2.13 bits per heavy atom. The van der Waals surface area contributed by atoms with Gasteiger partial charge >= 0.3 is 0 Å². The van der Waals surface area contributed by atoms with E-state index < -0.39 is 0 Å². The minimum atomic E-state index is -0.0220. The van der Waals surface area contributed by atoms with E-state index >= 15 is 0 Å². The molecule has 1 heterocycles. The molecule has 2 nitrogen and oxygen atoms in total. The number of nitrogens with zero attached hydrogens (tertiary/aromatic N) is 1. The van der Waals surface area contributed by atoms with E-state index in [-0.39, 0.29) is 6.04 Å². The molecule has 0 aliphatic rings. The summed E-state index contributed by atoms with van der Waals surface area (Å²) >= 11 is 7.65. The highest BCUT2D eigenvalue weighted by atomic mass is 35.5. The van der Waals surface area contributed by atoms with Gasteiger partial charge in [0.05, 0.1) is 11.7 Å². The average Bonchev–Trinajstić information content (AvgIpc) is 2.67. The summed E-state index contributed by atoms with van der Waals surface area (Å²) in [5.41, 5.74) is 7.62. The van der Waals surface area contributed by atoms with Gasteiger partial charge in [-0.05, 0) is 13.0 Å². The topological polar surface area (TPSA) is 38.9 Å². The van der Waals surface area contributed by atoms with E-state index in [4.69, 9.17) is 17.3 Å². The van der Waals surface area contributed by atoms with Gasteiger partial charge in [-0.3, -0.25) is 0 Å². The fraction of sp³-hybridized carbons (Fsp3) is 0.182. The van der Waals surface area contributed by atoms with Gasteiger partial charge in [0, 0.05) is 16.0 Å². The number of aromatic nitrogens is 1. The number of nitrogens with two attached hydrogens (primary N) is 1. The SMILES string of the molecule is CC(N)c1nc(-c2ccccc2Cl)cs1. The Hall–Kier alpha value is -0.900. The number of hydrogen-bond donors (Lipinski definition) is 1. The van der Waals surface area contributed by atoms with Crippen LogP contribution in [0.2, 0.25) is 5.02 Å². The highest BCUT2D eigenvalue weighted by Crippen LogP contribution is 2.29. The lowest BCUT2D eigenvalue weighted by molar-refractivity contribution is 0.808. The van der Waals surface area contributed by atoms with Gasteiger partial charge in [-0.15, -0.1) is 11.3 Å². The third-order valence-electron chi connectivity index (χ3n) is 2.06. The lowest BCUT2D eigenvalue weighted by Gasteiger charge is -2.00. The fourth-order valence-electron chi connectivity index (χ4n) is 1.29. The molecular formula is C11H11ClN2S. The molecule has 0 amide bonds. The summed E-state index contributed by atoms with van der Waals surface area (Å²) < 4.78 is 0. The average molecular weight is 239 g/mol. The van der Waals surface area contributed by atoms with Crippen LogP contribution in [-0.4, -0.2) is 4.98 Å². The van der Waals surface area contributed by atoms with E-state index in [9.17, 15) is 0 Å². The number of rotatable bonds is 2. The van der Waals surface area contributed by atoms with Crippen molar-refractivity contribution in [3.63, 3.8) is 0 Å². The van der Waals surface area contributed by atoms with Crippen LogP contribution in [0.15, 0.2) is 29.6 Å². The summed E-state index contributed by atoms with van der Waals surface area (Å²) in [6.45, 7) is 1.93. The molecule has 2 N–H and O–H groups in total. The summed E-state index contributed by atoms with van der Waals surface area (Å²) in [6, 6.07) is 7.66. The first-order valence-corrected chi connectivity index (χ1v) is 5.90. The highest BCUT2D eigenvalue weighted by molar-refractivity contribution is 7.10. The molecule has 0 aliphatic carbocycles. The van der Waals surface area contributed by atoms with Crippen molar-refractivity contribution in [2.75, 3.05) is 0 Å². The number of benzene rings is 1. The number of hydrogen-bond acceptors (Lipinski definition) is 3. The lowest BCUT2D eigenvalue weighted by Crippen LogP contribution is -2.03. The molecule has 1 aromatic heterocycles. The van der Waals surface area contributed by atoms with Crippen molar-refractivity contribution in [3.8, 4) is 11.3 Å². The van der Waals surface area contributed by atoms with Crippen molar-refractivity contribution >= 4 is 22.9 Å². The molecule has 0 radical (unpaired) electrons. The third kappa shape index (κ3) is 2.20. The first kappa shape index (κ1) is 10.6.